The fourth-order valence-corrected chi connectivity index (χ4v) is 4.23. The largest absolute Gasteiger partial charge is 0.339 e. The SMILES string of the molecule is CCS(=O)(=O)Nc1cc(C(=O)N2CCC(c3ccc(C#N)cc3)CC2)ccc1C. The molecule has 3 rings (SSSR count). The molecule has 0 atom stereocenters. The molecule has 1 amide bonds. The number of sulfonamides is 1. The summed E-state index contributed by atoms with van der Waals surface area (Å²) in [6.07, 6.45) is 1.72. The van der Waals surface area contributed by atoms with Gasteiger partial charge in [0.2, 0.25) is 10.0 Å². The molecule has 1 aliphatic rings. The molecule has 0 aliphatic carbocycles. The number of aryl methyl sites for hydroxylation is 1. The standard InChI is InChI=1S/C22H25N3O3S/c1-3-29(27,28)24-21-14-20(7-4-16(21)2)22(26)25-12-10-19(11-13-25)18-8-5-17(15-23)6-9-18/h4-9,14,19,24H,3,10-13H2,1-2H3. The normalized spacial score (nSPS) is 15.0. The number of carbonyl (C=O) groups excluding carboxylic acids is 1. The van der Waals surface area contributed by atoms with Crippen LogP contribution >= 0.6 is 0 Å². The molecule has 2 aromatic rings. The third-order valence-corrected chi connectivity index (χ3v) is 6.71. The number of anilines is 1. The first-order valence-electron chi connectivity index (χ1n) is 9.73. The Bertz CT molecular complexity index is 1030. The van der Waals surface area contributed by atoms with Gasteiger partial charge in [-0.15, -0.1) is 0 Å². The predicted octanol–water partition coefficient (Wildman–Crippen LogP) is 3.65. The number of carbonyl (C=O) groups is 1. The van der Waals surface area contributed by atoms with Crippen LogP contribution < -0.4 is 4.72 Å². The number of hydrogen-bond acceptors (Lipinski definition) is 4. The maximum atomic E-state index is 12.9. The fraction of sp³-hybridized carbons (Fsp3) is 0.364. The summed E-state index contributed by atoms with van der Waals surface area (Å²) in [6.45, 7) is 4.68. The van der Waals surface area contributed by atoms with Gasteiger partial charge in [-0.3, -0.25) is 9.52 Å². The van der Waals surface area contributed by atoms with E-state index in [0.29, 0.717) is 35.8 Å². The topological polar surface area (TPSA) is 90.3 Å². The molecule has 1 aliphatic heterocycles. The van der Waals surface area contributed by atoms with Gasteiger partial charge in [-0.2, -0.15) is 5.26 Å². The van der Waals surface area contributed by atoms with Gasteiger partial charge >= 0.3 is 0 Å². The van der Waals surface area contributed by atoms with Gasteiger partial charge < -0.3 is 4.90 Å². The van der Waals surface area contributed by atoms with Crippen LogP contribution in [0.2, 0.25) is 0 Å². The Morgan fingerprint density at radius 1 is 1.17 bits per heavy atom. The van der Waals surface area contributed by atoms with Crippen molar-refractivity contribution in [3.05, 3.63) is 64.7 Å². The molecule has 1 fully saturated rings. The van der Waals surface area contributed by atoms with Gasteiger partial charge in [-0.25, -0.2) is 8.42 Å². The Hall–Kier alpha value is -2.85. The summed E-state index contributed by atoms with van der Waals surface area (Å²) in [5.74, 6) is 0.268. The number of nitrogens with one attached hydrogen (secondary N) is 1. The summed E-state index contributed by atoms with van der Waals surface area (Å²) in [4.78, 5) is 14.8. The van der Waals surface area contributed by atoms with Gasteiger partial charge in [-0.05, 0) is 68.0 Å². The average molecular weight is 412 g/mol. The maximum Gasteiger partial charge on any atom is 0.253 e. The highest BCUT2D eigenvalue weighted by Crippen LogP contribution is 2.29. The molecule has 0 spiro atoms. The van der Waals surface area contributed by atoms with Crippen molar-refractivity contribution in [3.63, 3.8) is 0 Å². The highest BCUT2D eigenvalue weighted by atomic mass is 32.2. The van der Waals surface area contributed by atoms with Crippen molar-refractivity contribution in [3.8, 4) is 6.07 Å². The molecule has 152 valence electrons. The Labute approximate surface area is 172 Å². The summed E-state index contributed by atoms with van der Waals surface area (Å²) < 4.78 is 26.3. The summed E-state index contributed by atoms with van der Waals surface area (Å²) in [5, 5.41) is 8.92. The minimum absolute atomic E-state index is 0.0204. The van der Waals surface area contributed by atoms with Gasteiger partial charge in [0, 0.05) is 18.7 Å². The highest BCUT2D eigenvalue weighted by molar-refractivity contribution is 7.92. The minimum Gasteiger partial charge on any atom is -0.339 e. The monoisotopic (exact) mass is 411 g/mol. The second kappa shape index (κ2) is 8.66. The lowest BCUT2D eigenvalue weighted by atomic mass is 9.89. The van der Waals surface area contributed by atoms with Crippen LogP contribution in [0.5, 0.6) is 0 Å². The van der Waals surface area contributed by atoms with Crippen molar-refractivity contribution < 1.29 is 13.2 Å². The average Bonchev–Trinajstić information content (AvgIpc) is 2.75. The van der Waals surface area contributed by atoms with Gasteiger partial charge in [0.15, 0.2) is 0 Å². The lowest BCUT2D eigenvalue weighted by Crippen LogP contribution is -2.38. The number of amides is 1. The van der Waals surface area contributed by atoms with E-state index >= 15 is 0 Å². The van der Waals surface area contributed by atoms with E-state index in [1.807, 2.05) is 36.1 Å². The Balaban J connectivity index is 1.68. The van der Waals surface area contributed by atoms with E-state index in [-0.39, 0.29) is 11.7 Å². The van der Waals surface area contributed by atoms with E-state index in [4.69, 9.17) is 5.26 Å². The van der Waals surface area contributed by atoms with Gasteiger partial charge in [0.1, 0.15) is 0 Å². The summed E-state index contributed by atoms with van der Waals surface area (Å²) in [7, 11) is -3.40. The van der Waals surface area contributed by atoms with Crippen LogP contribution in [0.3, 0.4) is 0 Å². The van der Waals surface area contributed by atoms with Crippen LogP contribution in [-0.4, -0.2) is 38.1 Å². The van der Waals surface area contributed by atoms with Crippen molar-refractivity contribution in [2.24, 2.45) is 0 Å². The first kappa shape index (κ1) is 20.9. The number of piperidine rings is 1. The lowest BCUT2D eigenvalue weighted by molar-refractivity contribution is 0.0713. The van der Waals surface area contributed by atoms with Crippen LogP contribution in [0.25, 0.3) is 0 Å². The van der Waals surface area contributed by atoms with Crippen molar-refractivity contribution in [1.29, 1.82) is 5.26 Å². The Morgan fingerprint density at radius 3 is 2.41 bits per heavy atom. The number of hydrogen-bond donors (Lipinski definition) is 1. The molecule has 1 N–H and O–H groups in total. The molecule has 7 heteroatoms. The van der Waals surface area contributed by atoms with Crippen molar-refractivity contribution in [2.45, 2.75) is 32.6 Å². The third-order valence-electron chi connectivity index (χ3n) is 5.42. The van der Waals surface area contributed by atoms with Gasteiger partial charge in [0.25, 0.3) is 5.91 Å². The summed E-state index contributed by atoms with van der Waals surface area (Å²) in [5.41, 5.74) is 3.56. The number of rotatable bonds is 5. The summed E-state index contributed by atoms with van der Waals surface area (Å²) >= 11 is 0. The zero-order chi connectivity index (χ0) is 21.0. The van der Waals surface area contributed by atoms with E-state index in [1.54, 1.807) is 25.1 Å². The van der Waals surface area contributed by atoms with Crippen molar-refractivity contribution >= 4 is 21.6 Å². The molecule has 0 radical (unpaired) electrons. The van der Waals surface area contributed by atoms with E-state index < -0.39 is 10.0 Å². The van der Waals surface area contributed by atoms with Gasteiger partial charge in [-0.1, -0.05) is 18.2 Å². The molecule has 1 heterocycles. The minimum atomic E-state index is -3.40. The molecule has 0 saturated carbocycles. The van der Waals surface area contributed by atoms with Crippen LogP contribution in [0.4, 0.5) is 5.69 Å². The predicted molar refractivity (Wildman–Crippen MR) is 113 cm³/mol. The van der Waals surface area contributed by atoms with Gasteiger partial charge in [0.05, 0.1) is 23.1 Å². The maximum absolute atomic E-state index is 12.9. The highest BCUT2D eigenvalue weighted by Gasteiger charge is 2.25. The van der Waals surface area contributed by atoms with Crippen LogP contribution in [0, 0.1) is 18.3 Å². The van der Waals surface area contributed by atoms with Crippen LogP contribution in [0.1, 0.15) is 52.7 Å². The number of nitrogens with zero attached hydrogens (tertiary/aromatic N) is 2. The first-order valence-corrected chi connectivity index (χ1v) is 11.4. The van der Waals surface area contributed by atoms with Crippen LogP contribution in [0.15, 0.2) is 42.5 Å². The molecule has 2 aromatic carbocycles. The lowest BCUT2D eigenvalue weighted by Gasteiger charge is -2.32. The summed E-state index contributed by atoms with van der Waals surface area (Å²) in [6, 6.07) is 14.9. The molecule has 0 aromatic heterocycles. The molecular weight excluding hydrogens is 386 g/mol. The Morgan fingerprint density at radius 2 is 1.83 bits per heavy atom. The molecule has 1 saturated heterocycles. The number of likely N-dealkylation sites (tertiary alicyclic amines) is 1. The molecule has 0 unspecified atom stereocenters. The quantitative estimate of drug-likeness (QED) is 0.813. The van der Waals surface area contributed by atoms with E-state index in [2.05, 4.69) is 10.8 Å². The molecule has 29 heavy (non-hydrogen) atoms. The second-order valence-corrected chi connectivity index (χ2v) is 9.35. The zero-order valence-electron chi connectivity index (χ0n) is 16.7. The van der Waals surface area contributed by atoms with Crippen LogP contribution in [-0.2, 0) is 10.0 Å². The van der Waals surface area contributed by atoms with E-state index in [9.17, 15) is 13.2 Å². The third kappa shape index (κ3) is 4.96. The molecule has 6 nitrogen and oxygen atoms in total. The van der Waals surface area contributed by atoms with Crippen molar-refractivity contribution in [2.75, 3.05) is 23.6 Å². The molecule has 0 bridgehead atoms. The zero-order valence-corrected chi connectivity index (χ0v) is 17.5. The van der Waals surface area contributed by atoms with Crippen molar-refractivity contribution in [1.82, 2.24) is 4.90 Å². The second-order valence-electron chi connectivity index (χ2n) is 7.34. The molecular formula is C22H25N3O3S. The Kier molecular flexibility index (Phi) is 6.23. The van der Waals surface area contributed by atoms with E-state index in [1.165, 1.54) is 5.56 Å². The fourth-order valence-electron chi connectivity index (χ4n) is 3.53. The number of nitriles is 1. The number of benzene rings is 2. The first-order chi connectivity index (χ1) is 13.8. The van der Waals surface area contributed by atoms with E-state index in [0.717, 1.165) is 18.4 Å². The smallest absolute Gasteiger partial charge is 0.253 e.